The summed E-state index contributed by atoms with van der Waals surface area (Å²) in [6.07, 6.45) is 0. The van der Waals surface area contributed by atoms with Gasteiger partial charge in [0.1, 0.15) is 0 Å². The van der Waals surface area contributed by atoms with Crippen LogP contribution in [-0.2, 0) is 4.74 Å². The summed E-state index contributed by atoms with van der Waals surface area (Å²) in [6.45, 7) is 0. The van der Waals surface area contributed by atoms with E-state index >= 15 is 0 Å². The van der Waals surface area contributed by atoms with Gasteiger partial charge in [0.05, 0.1) is 0 Å². The molecule has 15 heavy (non-hydrogen) atoms. The van der Waals surface area contributed by atoms with Crippen molar-refractivity contribution < 1.29 is 22.7 Å². The van der Waals surface area contributed by atoms with Gasteiger partial charge in [0, 0.05) is 0 Å². The first kappa shape index (κ1) is 10.7. The molecule has 1 aliphatic heterocycles. The van der Waals surface area contributed by atoms with E-state index in [2.05, 4.69) is 4.74 Å². The number of halogens is 4. The van der Waals surface area contributed by atoms with Crippen LogP contribution >= 0.6 is 19.8 Å². The number of ether oxygens (including phenoxy) is 1. The van der Waals surface area contributed by atoms with Crippen LogP contribution in [0.4, 0.5) is 13.2 Å². The Labute approximate surface area is 90.8 Å². The molecule has 0 atom stereocenters. The van der Waals surface area contributed by atoms with Crippen LogP contribution in [0.15, 0.2) is 24.3 Å². The Kier molecular flexibility index (Phi) is 2.61. The first-order chi connectivity index (χ1) is 7.00. The summed E-state index contributed by atoms with van der Waals surface area (Å²) in [5, 5.41) is 0. The van der Waals surface area contributed by atoms with E-state index in [1.54, 1.807) is 0 Å². The molecule has 1 aliphatic rings. The number of cyclic esters (lactones) is 1. The average Bonchev–Trinajstić information content (AvgIpc) is 2.17. The number of carbonyl (C=O) groups is 1. The average molecular weight is 330 g/mol. The molecule has 2 rings (SSSR count). The Hall–Kier alpha value is -0.790. The van der Waals surface area contributed by atoms with Crippen molar-refractivity contribution in [2.75, 3.05) is 4.61 Å². The Morgan fingerprint density at radius 3 is 2.60 bits per heavy atom. The van der Waals surface area contributed by atoms with Crippen LogP contribution < -0.4 is 0 Å². The second kappa shape index (κ2) is 3.66. The molecule has 0 radical (unpaired) electrons. The summed E-state index contributed by atoms with van der Waals surface area (Å²) in [5.74, 6) is -0.650. The molecule has 0 aromatic heterocycles. The van der Waals surface area contributed by atoms with Crippen LogP contribution in [0, 0.1) is 3.57 Å². The molecule has 1 heterocycles. The van der Waals surface area contributed by atoms with Crippen LogP contribution in [0.5, 0.6) is 0 Å². The minimum absolute atomic E-state index is 0.0753. The first-order valence-corrected chi connectivity index (χ1v) is 7.67. The molecule has 0 amide bonds. The predicted molar refractivity (Wildman–Crippen MR) is 55.5 cm³/mol. The van der Waals surface area contributed by atoms with Gasteiger partial charge in [-0.05, 0) is 0 Å². The number of benzene rings is 1. The Morgan fingerprint density at radius 1 is 1.27 bits per heavy atom. The van der Waals surface area contributed by atoms with E-state index < -0.39 is 34.6 Å². The van der Waals surface area contributed by atoms with Crippen LogP contribution in [0.1, 0.15) is 10.4 Å². The summed E-state index contributed by atoms with van der Waals surface area (Å²) < 4.78 is 37.9. The third kappa shape index (κ3) is 1.95. The molecule has 0 fully saturated rings. The second-order valence-electron chi connectivity index (χ2n) is 2.81. The van der Waals surface area contributed by atoms with Gasteiger partial charge in [-0.25, -0.2) is 0 Å². The van der Waals surface area contributed by atoms with E-state index in [4.69, 9.17) is 0 Å². The zero-order valence-electron chi connectivity index (χ0n) is 7.34. The maximum atomic E-state index is 12.6. The van der Waals surface area contributed by atoms with Gasteiger partial charge in [-0.15, -0.1) is 0 Å². The Bertz CT molecular complexity index is 403. The maximum absolute atomic E-state index is 12.6. The van der Waals surface area contributed by atoms with Gasteiger partial charge in [0.2, 0.25) is 0 Å². The van der Waals surface area contributed by atoms with Gasteiger partial charge < -0.3 is 0 Å². The van der Waals surface area contributed by atoms with Crippen LogP contribution in [0.2, 0.25) is 0 Å². The van der Waals surface area contributed by atoms with Gasteiger partial charge >= 0.3 is 90.7 Å². The minimum atomic E-state index is -4.22. The fourth-order valence-corrected chi connectivity index (χ4v) is 4.93. The number of rotatable bonds is 0. The van der Waals surface area contributed by atoms with Crippen molar-refractivity contribution in [1.82, 2.24) is 0 Å². The fourth-order valence-electron chi connectivity index (χ4n) is 1.24. The molecular weight excluding hydrogens is 324 g/mol. The number of carbonyl (C=O) groups excluding carboxylic acids is 1. The SMILES string of the molecule is O=C1OCI(C(F)(F)F)c2ccccc21. The summed E-state index contributed by atoms with van der Waals surface area (Å²) in [6, 6.07) is 5.82. The van der Waals surface area contributed by atoms with Crippen LogP contribution in [0.3, 0.4) is 0 Å². The fraction of sp³-hybridized carbons (Fsp3) is 0.222. The number of hydrogen-bond acceptors (Lipinski definition) is 2. The first-order valence-electron chi connectivity index (χ1n) is 3.99. The van der Waals surface area contributed by atoms with Gasteiger partial charge in [0.25, 0.3) is 0 Å². The zero-order chi connectivity index (χ0) is 11.1. The molecule has 1 aromatic rings. The van der Waals surface area contributed by atoms with Crippen LogP contribution in [0.25, 0.3) is 0 Å². The monoisotopic (exact) mass is 330 g/mol. The molecule has 0 aliphatic carbocycles. The van der Waals surface area contributed by atoms with E-state index in [1.165, 1.54) is 24.3 Å². The van der Waals surface area contributed by atoms with E-state index in [9.17, 15) is 18.0 Å². The Balaban J connectivity index is 2.50. The van der Waals surface area contributed by atoms with Gasteiger partial charge in [-0.2, -0.15) is 0 Å². The zero-order valence-corrected chi connectivity index (χ0v) is 9.50. The van der Waals surface area contributed by atoms with E-state index in [-0.39, 0.29) is 9.13 Å². The molecule has 0 N–H and O–H groups in total. The molecule has 1 aromatic carbocycles. The van der Waals surface area contributed by atoms with Crippen molar-refractivity contribution in [2.24, 2.45) is 0 Å². The van der Waals surface area contributed by atoms with Crippen molar-refractivity contribution >= 4 is 25.8 Å². The normalized spacial score (nSPS) is 18.3. The summed E-state index contributed by atoms with van der Waals surface area (Å²) in [7, 11) is 0. The number of hydrogen-bond donors (Lipinski definition) is 0. The molecular formula is C9H6F3IO2. The van der Waals surface area contributed by atoms with Crippen molar-refractivity contribution in [3.05, 3.63) is 33.4 Å². The molecule has 0 saturated heterocycles. The van der Waals surface area contributed by atoms with Crippen molar-refractivity contribution in [3.8, 4) is 0 Å². The molecule has 82 valence electrons. The van der Waals surface area contributed by atoms with E-state index in [0.29, 0.717) is 0 Å². The third-order valence-corrected chi connectivity index (χ3v) is 6.65. The van der Waals surface area contributed by atoms with Crippen molar-refractivity contribution in [3.63, 3.8) is 0 Å². The van der Waals surface area contributed by atoms with Gasteiger partial charge in [-0.1, -0.05) is 0 Å². The molecule has 2 nitrogen and oxygen atoms in total. The molecule has 0 unspecified atom stereocenters. The molecule has 0 bridgehead atoms. The van der Waals surface area contributed by atoms with Gasteiger partial charge in [0.15, 0.2) is 0 Å². The van der Waals surface area contributed by atoms with Crippen LogP contribution in [-0.4, -0.2) is 14.8 Å². The topological polar surface area (TPSA) is 26.3 Å². The van der Waals surface area contributed by atoms with Gasteiger partial charge in [-0.3, -0.25) is 0 Å². The van der Waals surface area contributed by atoms with E-state index in [0.717, 1.165) is 0 Å². The standard InChI is InChI=1S/C9H6F3IO2/c10-9(11,12)13-5-15-8(14)6-3-1-2-4-7(6)13/h1-4H,5H2. The summed E-state index contributed by atoms with van der Waals surface area (Å²) in [5.41, 5.74) is 0.0753. The predicted octanol–water partition coefficient (Wildman–Crippen LogP) is 3.01. The third-order valence-electron chi connectivity index (χ3n) is 1.89. The Morgan fingerprint density at radius 2 is 1.93 bits per heavy atom. The van der Waals surface area contributed by atoms with E-state index in [1.807, 2.05) is 0 Å². The number of esters is 1. The molecule has 6 heteroatoms. The molecule has 0 spiro atoms. The number of fused-ring (bicyclic) bond motifs is 1. The van der Waals surface area contributed by atoms with Crippen molar-refractivity contribution in [2.45, 2.75) is 4.18 Å². The quantitative estimate of drug-likeness (QED) is 0.415. The number of alkyl halides is 5. The second-order valence-corrected chi connectivity index (χ2v) is 7.88. The summed E-state index contributed by atoms with van der Waals surface area (Å²) in [4.78, 5) is 11.2. The molecule has 0 saturated carbocycles. The van der Waals surface area contributed by atoms with Crippen molar-refractivity contribution in [1.29, 1.82) is 0 Å². The summed E-state index contributed by atoms with van der Waals surface area (Å²) >= 11 is -3.38.